The highest BCUT2D eigenvalue weighted by molar-refractivity contribution is 9.10. The van der Waals surface area contributed by atoms with E-state index in [-0.39, 0.29) is 10.9 Å². The number of benzene rings is 1. The quantitative estimate of drug-likeness (QED) is 0.894. The molecular weight excluding hydrogens is 261 g/mol. The number of halogens is 4. The lowest BCUT2D eigenvalue weighted by molar-refractivity contribution is -0.00377. The minimum atomic E-state index is -2.81. The van der Waals surface area contributed by atoms with E-state index in [0.717, 1.165) is 0 Å². The van der Waals surface area contributed by atoms with E-state index in [1.807, 2.05) is 0 Å². The number of hydrogen-bond donors (Lipinski definition) is 1. The van der Waals surface area contributed by atoms with Crippen LogP contribution in [0.2, 0.25) is 0 Å². The van der Waals surface area contributed by atoms with Crippen molar-refractivity contribution >= 4 is 15.9 Å². The van der Waals surface area contributed by atoms with Crippen molar-refractivity contribution in [2.45, 2.75) is 19.0 Å². The molecule has 0 aliphatic carbocycles. The van der Waals surface area contributed by atoms with Crippen molar-refractivity contribution in [3.05, 3.63) is 34.1 Å². The van der Waals surface area contributed by atoms with Gasteiger partial charge in [-0.2, -0.15) is 0 Å². The Morgan fingerprint density at radius 3 is 2.57 bits per heavy atom. The molecule has 0 aliphatic rings. The van der Waals surface area contributed by atoms with Crippen LogP contribution in [-0.4, -0.2) is 17.6 Å². The number of aliphatic hydroxyl groups excluding tert-OH is 1. The second kappa shape index (κ2) is 4.79. The average Bonchev–Trinajstić information content (AvgIpc) is 2.12. The Morgan fingerprint density at radius 1 is 1.36 bits per heavy atom. The van der Waals surface area contributed by atoms with Gasteiger partial charge in [0.1, 0.15) is 11.9 Å². The summed E-state index contributed by atoms with van der Waals surface area (Å²) in [5.41, 5.74) is 0.331. The summed E-state index contributed by atoms with van der Waals surface area (Å²) >= 11 is 2.93. The molecule has 14 heavy (non-hydrogen) atoms. The minimum absolute atomic E-state index is 0.125. The van der Waals surface area contributed by atoms with Gasteiger partial charge < -0.3 is 5.11 Å². The fraction of sp³-hybridized carbons (Fsp3) is 0.333. The zero-order valence-electron chi connectivity index (χ0n) is 7.05. The average molecular weight is 269 g/mol. The molecule has 5 heteroatoms. The number of aliphatic hydroxyl groups is 1. The summed E-state index contributed by atoms with van der Waals surface area (Å²) in [6.07, 6.45) is -4.84. The minimum Gasteiger partial charge on any atom is -0.387 e. The van der Waals surface area contributed by atoms with E-state index in [2.05, 4.69) is 15.9 Å². The van der Waals surface area contributed by atoms with E-state index in [0.29, 0.717) is 5.56 Å². The normalized spacial score (nSPS) is 13.3. The number of hydrogen-bond acceptors (Lipinski definition) is 1. The zero-order valence-corrected chi connectivity index (χ0v) is 8.64. The first-order valence-corrected chi connectivity index (χ1v) is 4.70. The van der Waals surface area contributed by atoms with Gasteiger partial charge in [-0.15, -0.1) is 0 Å². The Bertz CT molecular complexity index is 317. The highest BCUT2D eigenvalue weighted by Gasteiger charge is 2.19. The lowest BCUT2D eigenvalue weighted by Gasteiger charge is -2.10. The van der Waals surface area contributed by atoms with Crippen LogP contribution in [0, 0.1) is 5.82 Å². The van der Waals surface area contributed by atoms with Gasteiger partial charge in [-0.3, -0.25) is 0 Å². The molecule has 0 fully saturated rings. The number of rotatable bonds is 3. The lowest BCUT2D eigenvalue weighted by Crippen LogP contribution is -2.20. The second-order valence-corrected chi connectivity index (χ2v) is 3.61. The zero-order chi connectivity index (χ0) is 10.7. The van der Waals surface area contributed by atoms with Gasteiger partial charge in [0.05, 0.1) is 4.47 Å². The van der Waals surface area contributed by atoms with Crippen LogP contribution in [0.5, 0.6) is 0 Å². The van der Waals surface area contributed by atoms with Crippen LogP contribution in [0.4, 0.5) is 13.2 Å². The van der Waals surface area contributed by atoms with Gasteiger partial charge in [0, 0.05) is 6.42 Å². The van der Waals surface area contributed by atoms with Gasteiger partial charge in [-0.1, -0.05) is 12.1 Å². The van der Waals surface area contributed by atoms with Crippen LogP contribution >= 0.6 is 15.9 Å². The molecule has 78 valence electrons. The number of alkyl halides is 2. The molecule has 1 unspecified atom stereocenters. The molecule has 0 bridgehead atoms. The Hall–Kier alpha value is -0.550. The molecule has 0 saturated heterocycles. The van der Waals surface area contributed by atoms with Crippen LogP contribution in [0.3, 0.4) is 0 Å². The van der Waals surface area contributed by atoms with Crippen LogP contribution < -0.4 is 0 Å². The molecule has 0 heterocycles. The molecule has 0 aliphatic heterocycles. The van der Waals surface area contributed by atoms with Crippen molar-refractivity contribution in [1.29, 1.82) is 0 Å². The van der Waals surface area contributed by atoms with Gasteiger partial charge in [0.25, 0.3) is 6.43 Å². The molecule has 1 rings (SSSR count). The van der Waals surface area contributed by atoms with Crippen molar-refractivity contribution in [1.82, 2.24) is 0 Å². The van der Waals surface area contributed by atoms with E-state index in [4.69, 9.17) is 5.11 Å². The summed E-state index contributed by atoms with van der Waals surface area (Å²) in [5.74, 6) is -0.524. The van der Waals surface area contributed by atoms with Crippen LogP contribution in [0.25, 0.3) is 0 Å². The van der Waals surface area contributed by atoms with Gasteiger partial charge in [-0.25, -0.2) is 13.2 Å². The van der Waals surface area contributed by atoms with E-state index >= 15 is 0 Å². The summed E-state index contributed by atoms with van der Waals surface area (Å²) in [7, 11) is 0. The highest BCUT2D eigenvalue weighted by Crippen LogP contribution is 2.22. The van der Waals surface area contributed by atoms with Crippen molar-refractivity contribution in [3.63, 3.8) is 0 Å². The molecule has 0 radical (unpaired) electrons. The summed E-state index contributed by atoms with van der Waals surface area (Å²) in [5, 5.41) is 8.90. The SMILES string of the molecule is OC(Cc1cccc(F)c1Br)C(F)F. The first-order chi connectivity index (χ1) is 6.52. The third-order valence-electron chi connectivity index (χ3n) is 1.75. The van der Waals surface area contributed by atoms with Gasteiger partial charge >= 0.3 is 0 Å². The maximum Gasteiger partial charge on any atom is 0.264 e. The first-order valence-electron chi connectivity index (χ1n) is 3.91. The second-order valence-electron chi connectivity index (χ2n) is 2.82. The summed E-state index contributed by atoms with van der Waals surface area (Å²) in [4.78, 5) is 0. The Labute approximate surface area is 87.7 Å². The van der Waals surface area contributed by atoms with Gasteiger partial charge in [-0.05, 0) is 27.6 Å². The van der Waals surface area contributed by atoms with Crippen molar-refractivity contribution in [3.8, 4) is 0 Å². The molecule has 1 N–H and O–H groups in total. The molecule has 0 amide bonds. The lowest BCUT2D eigenvalue weighted by atomic mass is 10.1. The molecular formula is C9H8BrF3O. The first kappa shape index (κ1) is 11.5. The maximum atomic E-state index is 12.9. The largest absolute Gasteiger partial charge is 0.387 e. The van der Waals surface area contributed by atoms with Crippen LogP contribution in [0.1, 0.15) is 5.56 Å². The molecule has 1 nitrogen and oxygen atoms in total. The Balaban J connectivity index is 2.82. The van der Waals surface area contributed by atoms with E-state index in [9.17, 15) is 13.2 Å². The molecule has 1 aromatic rings. The fourth-order valence-electron chi connectivity index (χ4n) is 1.02. The monoisotopic (exact) mass is 268 g/mol. The summed E-state index contributed by atoms with van der Waals surface area (Å²) in [6.45, 7) is 0. The third kappa shape index (κ3) is 2.72. The van der Waals surface area contributed by atoms with Crippen molar-refractivity contribution < 1.29 is 18.3 Å². The smallest absolute Gasteiger partial charge is 0.264 e. The third-order valence-corrected chi connectivity index (χ3v) is 2.64. The molecule has 0 aromatic heterocycles. The Morgan fingerprint density at radius 2 is 2.00 bits per heavy atom. The fourth-order valence-corrected chi connectivity index (χ4v) is 1.45. The summed E-state index contributed by atoms with van der Waals surface area (Å²) < 4.78 is 37.0. The van der Waals surface area contributed by atoms with Gasteiger partial charge in [0.2, 0.25) is 0 Å². The van der Waals surface area contributed by atoms with Gasteiger partial charge in [0.15, 0.2) is 0 Å². The predicted octanol–water partition coefficient (Wildman–Crippen LogP) is 2.76. The summed E-state index contributed by atoms with van der Waals surface area (Å²) in [6, 6.07) is 4.11. The van der Waals surface area contributed by atoms with Crippen molar-refractivity contribution in [2.75, 3.05) is 0 Å². The molecule has 0 saturated carbocycles. The van der Waals surface area contributed by atoms with Crippen LogP contribution in [-0.2, 0) is 6.42 Å². The highest BCUT2D eigenvalue weighted by atomic mass is 79.9. The predicted molar refractivity (Wildman–Crippen MR) is 49.8 cm³/mol. The standard InChI is InChI=1S/C9H8BrF3O/c10-8-5(2-1-3-6(8)11)4-7(14)9(12)13/h1-3,7,9,14H,4H2. The van der Waals surface area contributed by atoms with Crippen molar-refractivity contribution in [2.24, 2.45) is 0 Å². The molecule has 1 atom stereocenters. The van der Waals surface area contributed by atoms with E-state index in [1.165, 1.54) is 18.2 Å². The maximum absolute atomic E-state index is 12.9. The Kier molecular flexibility index (Phi) is 3.95. The van der Waals surface area contributed by atoms with Crippen LogP contribution in [0.15, 0.2) is 22.7 Å². The topological polar surface area (TPSA) is 20.2 Å². The van der Waals surface area contributed by atoms with E-state index < -0.39 is 18.3 Å². The van der Waals surface area contributed by atoms with E-state index in [1.54, 1.807) is 0 Å². The molecule has 0 spiro atoms. The molecule has 1 aromatic carbocycles.